The Labute approximate surface area is 36.3 Å². The summed E-state index contributed by atoms with van der Waals surface area (Å²) >= 11 is 0. The second kappa shape index (κ2) is 1.27. The lowest BCUT2D eigenvalue weighted by atomic mass is 10.4. The van der Waals surface area contributed by atoms with Gasteiger partial charge in [-0.15, -0.1) is 0 Å². The molecular formula is C4H5NO. The Morgan fingerprint density at radius 2 is 2.67 bits per heavy atom. The average molecular weight is 83.1 g/mol. The first-order valence-corrected chi connectivity index (χ1v) is 1.92. The van der Waals surface area contributed by atoms with Crippen molar-refractivity contribution in [2.75, 3.05) is 6.61 Å². The Kier molecular flexibility index (Phi) is 0.771. The third-order valence-corrected chi connectivity index (χ3v) is 0.721. The van der Waals surface area contributed by atoms with Gasteiger partial charge in [0.25, 0.3) is 0 Å². The molecule has 1 heterocycles. The number of hydrogen-bond donors (Lipinski definition) is 0. The number of hydrogen-bond acceptors (Lipinski definition) is 2. The van der Waals surface area contributed by atoms with E-state index >= 15 is 0 Å². The minimum Gasteiger partial charge on any atom is -0.372 e. The van der Waals surface area contributed by atoms with Crippen LogP contribution in [0.4, 0.5) is 0 Å². The van der Waals surface area contributed by atoms with Crippen LogP contribution in [0.15, 0.2) is 0 Å². The van der Waals surface area contributed by atoms with Crippen LogP contribution in [0.3, 0.4) is 0 Å². The predicted molar refractivity (Wildman–Crippen MR) is 20.0 cm³/mol. The van der Waals surface area contributed by atoms with Crippen molar-refractivity contribution in [2.24, 2.45) is 0 Å². The predicted octanol–water partition coefficient (Wildman–Crippen LogP) is 0.299. The van der Waals surface area contributed by atoms with Crippen molar-refractivity contribution >= 4 is 0 Å². The summed E-state index contributed by atoms with van der Waals surface area (Å²) in [5.74, 6) is 0. The third kappa shape index (κ3) is 0.697. The topological polar surface area (TPSA) is 36.3 Å². The summed E-state index contributed by atoms with van der Waals surface area (Å²) in [4.78, 5) is 0. The molecule has 1 atom stereocenters. The summed E-state index contributed by atoms with van der Waals surface area (Å²) in [6.45, 7) is 0.799. The average Bonchev–Trinajstić information content (AvgIpc) is 2.21. The second-order valence-corrected chi connectivity index (χ2v) is 1.32. The zero-order valence-electron chi connectivity index (χ0n) is 3.35. The van der Waals surface area contributed by atoms with E-state index in [1.807, 2.05) is 6.07 Å². The van der Waals surface area contributed by atoms with Crippen LogP contribution in [0.1, 0.15) is 6.42 Å². The molecule has 6 heavy (non-hydrogen) atoms. The highest BCUT2D eigenvalue weighted by atomic mass is 16.6. The molecule has 1 aliphatic heterocycles. The van der Waals surface area contributed by atoms with Gasteiger partial charge in [-0.1, -0.05) is 0 Å². The van der Waals surface area contributed by atoms with E-state index in [1.54, 1.807) is 0 Å². The highest BCUT2D eigenvalue weighted by Gasteiger charge is 2.20. The van der Waals surface area contributed by atoms with Gasteiger partial charge in [0.2, 0.25) is 0 Å². The van der Waals surface area contributed by atoms with E-state index in [1.165, 1.54) is 0 Å². The maximum Gasteiger partial charge on any atom is 0.0939 e. The van der Waals surface area contributed by atoms with E-state index in [0.29, 0.717) is 6.42 Å². The molecule has 0 N–H and O–H groups in total. The summed E-state index contributed by atoms with van der Waals surface area (Å²) < 4.78 is 4.73. The van der Waals surface area contributed by atoms with Crippen LogP contribution < -0.4 is 0 Å². The molecule has 0 amide bonds. The Balaban J connectivity index is 2.05. The summed E-state index contributed by atoms with van der Waals surface area (Å²) in [5.41, 5.74) is 0. The van der Waals surface area contributed by atoms with Crippen molar-refractivity contribution < 1.29 is 4.74 Å². The van der Waals surface area contributed by atoms with Crippen LogP contribution in [-0.4, -0.2) is 12.7 Å². The SMILES string of the molecule is N#CCC1CO1. The van der Waals surface area contributed by atoms with Crippen LogP contribution in [0, 0.1) is 11.3 Å². The zero-order chi connectivity index (χ0) is 4.41. The Hall–Kier alpha value is -0.550. The van der Waals surface area contributed by atoms with Crippen molar-refractivity contribution in [3.05, 3.63) is 0 Å². The molecule has 1 aliphatic rings. The van der Waals surface area contributed by atoms with Crippen LogP contribution in [0.25, 0.3) is 0 Å². The molecule has 0 spiro atoms. The van der Waals surface area contributed by atoms with Gasteiger partial charge < -0.3 is 4.74 Å². The first kappa shape index (κ1) is 3.63. The number of nitrogens with zero attached hydrogens (tertiary/aromatic N) is 1. The van der Waals surface area contributed by atoms with E-state index in [-0.39, 0.29) is 6.10 Å². The largest absolute Gasteiger partial charge is 0.372 e. The fourth-order valence-corrected chi connectivity index (χ4v) is 0.288. The minimum atomic E-state index is 0.287. The van der Waals surface area contributed by atoms with Gasteiger partial charge in [-0.3, -0.25) is 0 Å². The molecule has 0 aromatic rings. The maximum absolute atomic E-state index is 7.95. The molecule has 2 nitrogen and oxygen atoms in total. The summed E-state index contributed by atoms with van der Waals surface area (Å²) in [5, 5.41) is 7.95. The highest BCUT2D eigenvalue weighted by molar-refractivity contribution is 4.82. The lowest BCUT2D eigenvalue weighted by molar-refractivity contribution is 0.412. The number of nitriles is 1. The van der Waals surface area contributed by atoms with E-state index in [2.05, 4.69) is 0 Å². The number of ether oxygens (including phenoxy) is 1. The highest BCUT2D eigenvalue weighted by Crippen LogP contribution is 2.10. The van der Waals surface area contributed by atoms with Crippen LogP contribution in [-0.2, 0) is 4.74 Å². The van der Waals surface area contributed by atoms with Gasteiger partial charge in [-0.2, -0.15) is 5.26 Å². The van der Waals surface area contributed by atoms with Crippen LogP contribution in [0.5, 0.6) is 0 Å². The van der Waals surface area contributed by atoms with E-state index in [4.69, 9.17) is 10.00 Å². The first-order valence-electron chi connectivity index (χ1n) is 1.92. The summed E-state index contributed by atoms with van der Waals surface area (Å²) in [6.07, 6.45) is 0.856. The lowest BCUT2D eigenvalue weighted by Crippen LogP contribution is -1.76. The Bertz CT molecular complexity index is 80.0. The van der Waals surface area contributed by atoms with Gasteiger partial charge in [0.15, 0.2) is 0 Å². The summed E-state index contributed by atoms with van der Waals surface area (Å²) in [7, 11) is 0. The fourth-order valence-electron chi connectivity index (χ4n) is 0.288. The second-order valence-electron chi connectivity index (χ2n) is 1.32. The molecule has 0 saturated carbocycles. The van der Waals surface area contributed by atoms with E-state index in [0.717, 1.165) is 6.61 Å². The number of epoxide rings is 1. The smallest absolute Gasteiger partial charge is 0.0939 e. The monoisotopic (exact) mass is 83.0 g/mol. The molecular weight excluding hydrogens is 78.0 g/mol. The standard InChI is InChI=1S/C4H5NO/c5-2-1-4-3-6-4/h4H,1,3H2. The molecule has 2 heteroatoms. The quantitative estimate of drug-likeness (QED) is 0.427. The van der Waals surface area contributed by atoms with Crippen molar-refractivity contribution in [3.63, 3.8) is 0 Å². The van der Waals surface area contributed by atoms with Gasteiger partial charge in [-0.05, 0) is 0 Å². The molecule has 0 radical (unpaired) electrons. The minimum absolute atomic E-state index is 0.287. The van der Waals surface area contributed by atoms with Crippen molar-refractivity contribution in [2.45, 2.75) is 12.5 Å². The van der Waals surface area contributed by atoms with Crippen molar-refractivity contribution in [3.8, 4) is 6.07 Å². The normalized spacial score (nSPS) is 28.8. The molecule has 0 aliphatic carbocycles. The van der Waals surface area contributed by atoms with Gasteiger partial charge >= 0.3 is 0 Å². The first-order chi connectivity index (χ1) is 2.93. The fraction of sp³-hybridized carbons (Fsp3) is 0.750. The van der Waals surface area contributed by atoms with Gasteiger partial charge in [0.1, 0.15) is 0 Å². The molecule has 1 fully saturated rings. The molecule has 1 saturated heterocycles. The lowest BCUT2D eigenvalue weighted by Gasteiger charge is -1.67. The molecule has 1 rings (SSSR count). The molecule has 0 bridgehead atoms. The third-order valence-electron chi connectivity index (χ3n) is 0.721. The molecule has 0 aromatic heterocycles. The Morgan fingerprint density at radius 3 is 2.83 bits per heavy atom. The zero-order valence-corrected chi connectivity index (χ0v) is 3.35. The van der Waals surface area contributed by atoms with E-state index in [9.17, 15) is 0 Å². The maximum atomic E-state index is 7.95. The van der Waals surface area contributed by atoms with E-state index < -0.39 is 0 Å². The van der Waals surface area contributed by atoms with Crippen LogP contribution >= 0.6 is 0 Å². The van der Waals surface area contributed by atoms with Gasteiger partial charge in [0.05, 0.1) is 25.2 Å². The molecule has 32 valence electrons. The van der Waals surface area contributed by atoms with Gasteiger partial charge in [-0.25, -0.2) is 0 Å². The number of rotatable bonds is 1. The van der Waals surface area contributed by atoms with Gasteiger partial charge in [0, 0.05) is 0 Å². The molecule has 1 unspecified atom stereocenters. The summed E-state index contributed by atoms with van der Waals surface area (Å²) in [6, 6.07) is 2.00. The molecule has 0 aromatic carbocycles. The Morgan fingerprint density at radius 1 is 2.00 bits per heavy atom. The van der Waals surface area contributed by atoms with Crippen molar-refractivity contribution in [1.82, 2.24) is 0 Å². The van der Waals surface area contributed by atoms with Crippen molar-refractivity contribution in [1.29, 1.82) is 5.26 Å². The van der Waals surface area contributed by atoms with Crippen LogP contribution in [0.2, 0.25) is 0 Å².